The van der Waals surface area contributed by atoms with E-state index in [-0.39, 0.29) is 76.7 Å². The molecular formula is C22H22ClNNa2O7+2. The molecule has 164 valence electrons. The molecule has 1 heterocycles. The topological polar surface area (TPSA) is 125 Å². The van der Waals surface area contributed by atoms with Crippen LogP contribution in [0, 0.1) is 0 Å². The molecule has 0 spiro atoms. The number of carboxylic acids is 2. The molecule has 4 N–H and O–H groups in total. The minimum Gasteiger partial charge on any atom is -0.475 e. The Kier molecular flexibility index (Phi) is 10.1. The summed E-state index contributed by atoms with van der Waals surface area (Å²) in [5.41, 5.74) is 2.63. The van der Waals surface area contributed by atoms with Crippen LogP contribution in [0.5, 0.6) is 11.5 Å². The first-order valence-electron chi connectivity index (χ1n) is 9.96. The molecule has 2 aromatic carbocycles. The fourth-order valence-corrected chi connectivity index (χ4v) is 4.21. The SMILES string of the molecule is O=C(O)C1(C(=O)O)Oc2cc3c(cc2O1)C[C@@H](NC[C@H](O)c1cccc(Cl)c1)CCC3.[Na+].[Na+]. The normalized spacial score (nSPS) is 18.7. The number of benzene rings is 2. The minimum atomic E-state index is -2.76. The van der Waals surface area contributed by atoms with Crippen molar-refractivity contribution in [1.82, 2.24) is 5.32 Å². The van der Waals surface area contributed by atoms with E-state index in [1.54, 1.807) is 30.3 Å². The number of hydrogen-bond donors (Lipinski definition) is 4. The van der Waals surface area contributed by atoms with E-state index >= 15 is 0 Å². The zero-order chi connectivity index (χ0) is 22.2. The molecule has 0 fully saturated rings. The van der Waals surface area contributed by atoms with Gasteiger partial charge in [0.25, 0.3) is 0 Å². The summed E-state index contributed by atoms with van der Waals surface area (Å²) in [4.78, 5) is 23.0. The average molecular weight is 494 g/mol. The maximum atomic E-state index is 11.5. The molecule has 2 aromatic rings. The van der Waals surface area contributed by atoms with Crippen molar-refractivity contribution in [2.24, 2.45) is 0 Å². The van der Waals surface area contributed by atoms with Crippen molar-refractivity contribution in [3.63, 3.8) is 0 Å². The molecule has 0 bridgehead atoms. The fraction of sp³-hybridized carbons (Fsp3) is 0.364. The number of aryl methyl sites for hydroxylation is 1. The van der Waals surface area contributed by atoms with E-state index in [9.17, 15) is 24.9 Å². The molecule has 11 heteroatoms. The number of carbonyl (C=O) groups is 2. The standard InChI is InChI=1S/C22H22ClNO7.2Na/c23-15-5-1-4-13(7-15)17(25)11-24-16-6-2-3-12-9-18-19(10-14(12)8-16)31-22(30-18,20(26)27)21(28)29;;/h1,4-5,7,9-10,16-17,24-25H,2-3,6,8,11H2,(H,26,27)(H,28,29);;/q;2*+1/t16-,17-;;/m0../s1. The van der Waals surface area contributed by atoms with Gasteiger partial charge in [0.2, 0.25) is 0 Å². The first-order chi connectivity index (χ1) is 14.8. The first kappa shape index (κ1) is 28.4. The molecule has 0 amide bonds. The molecule has 0 unspecified atom stereocenters. The Morgan fingerprint density at radius 1 is 1.09 bits per heavy atom. The smallest absolute Gasteiger partial charge is 0.475 e. The maximum Gasteiger partial charge on any atom is 1.00 e. The number of ether oxygens (including phenoxy) is 2. The van der Waals surface area contributed by atoms with Gasteiger partial charge < -0.3 is 30.1 Å². The van der Waals surface area contributed by atoms with Gasteiger partial charge in [-0.25, -0.2) is 9.59 Å². The van der Waals surface area contributed by atoms with Crippen molar-refractivity contribution in [2.45, 2.75) is 43.6 Å². The quantitative estimate of drug-likeness (QED) is 0.186. The number of aliphatic hydroxyl groups is 1. The Bertz CT molecular complexity index is 1020. The zero-order valence-corrected chi connectivity index (χ0v) is 23.3. The Morgan fingerprint density at radius 2 is 1.73 bits per heavy atom. The predicted molar refractivity (Wildman–Crippen MR) is 111 cm³/mol. The minimum absolute atomic E-state index is 0. The summed E-state index contributed by atoms with van der Waals surface area (Å²) in [6.45, 7) is 0.353. The van der Waals surface area contributed by atoms with Crippen molar-refractivity contribution >= 4 is 23.5 Å². The van der Waals surface area contributed by atoms with Crippen LogP contribution in [0.25, 0.3) is 0 Å². The van der Waals surface area contributed by atoms with Crippen LogP contribution >= 0.6 is 11.6 Å². The number of rotatable bonds is 6. The largest absolute Gasteiger partial charge is 1.00 e. The summed E-state index contributed by atoms with van der Waals surface area (Å²) in [6, 6.07) is 10.5. The van der Waals surface area contributed by atoms with Gasteiger partial charge >= 0.3 is 76.8 Å². The molecule has 33 heavy (non-hydrogen) atoms. The summed E-state index contributed by atoms with van der Waals surface area (Å²) < 4.78 is 10.4. The number of aliphatic hydroxyl groups excluding tert-OH is 1. The van der Waals surface area contributed by atoms with Crippen LogP contribution in [0.4, 0.5) is 0 Å². The van der Waals surface area contributed by atoms with Crippen molar-refractivity contribution < 1.29 is 93.5 Å². The van der Waals surface area contributed by atoms with Gasteiger partial charge in [0.05, 0.1) is 6.10 Å². The number of hydrogen-bond acceptors (Lipinski definition) is 6. The monoisotopic (exact) mass is 493 g/mol. The first-order valence-corrected chi connectivity index (χ1v) is 10.3. The van der Waals surface area contributed by atoms with E-state index in [1.165, 1.54) is 0 Å². The Labute approximate surface area is 240 Å². The molecule has 2 atom stereocenters. The van der Waals surface area contributed by atoms with Crippen LogP contribution in [0.3, 0.4) is 0 Å². The van der Waals surface area contributed by atoms with Gasteiger partial charge in [-0.2, -0.15) is 0 Å². The van der Waals surface area contributed by atoms with E-state index in [0.717, 1.165) is 36.0 Å². The third-order valence-electron chi connectivity index (χ3n) is 5.63. The number of nitrogens with one attached hydrogen (secondary N) is 1. The summed E-state index contributed by atoms with van der Waals surface area (Å²) in [7, 11) is 0. The molecule has 0 saturated carbocycles. The molecule has 8 nitrogen and oxygen atoms in total. The van der Waals surface area contributed by atoms with Crippen molar-refractivity contribution in [3.8, 4) is 11.5 Å². The van der Waals surface area contributed by atoms with Crippen molar-refractivity contribution in [1.29, 1.82) is 0 Å². The van der Waals surface area contributed by atoms with Crippen LogP contribution in [0.15, 0.2) is 36.4 Å². The Balaban J connectivity index is 0.00000193. The van der Waals surface area contributed by atoms with Crippen LogP contribution < -0.4 is 73.9 Å². The zero-order valence-electron chi connectivity index (χ0n) is 18.5. The number of fused-ring (bicyclic) bond motifs is 2. The molecule has 0 aromatic heterocycles. The number of aliphatic carboxylic acids is 2. The second-order valence-corrected chi connectivity index (χ2v) is 8.21. The average Bonchev–Trinajstić information content (AvgIpc) is 3.00. The van der Waals surface area contributed by atoms with Gasteiger partial charge in [-0.15, -0.1) is 0 Å². The maximum absolute atomic E-state index is 11.5. The summed E-state index contributed by atoms with van der Waals surface area (Å²) in [6.07, 6.45) is 2.43. The van der Waals surface area contributed by atoms with E-state index in [4.69, 9.17) is 21.1 Å². The Hall–Kier alpha value is -0.810. The molecule has 0 radical (unpaired) electrons. The molecule has 4 rings (SSSR count). The third-order valence-corrected chi connectivity index (χ3v) is 5.87. The van der Waals surface area contributed by atoms with E-state index in [0.29, 0.717) is 18.0 Å². The summed E-state index contributed by atoms with van der Waals surface area (Å²) in [5, 5.41) is 33.1. The fourth-order valence-electron chi connectivity index (χ4n) is 4.01. The molecule has 2 aliphatic rings. The Morgan fingerprint density at radius 3 is 2.33 bits per heavy atom. The van der Waals surface area contributed by atoms with Crippen molar-refractivity contribution in [3.05, 3.63) is 58.1 Å². The second-order valence-electron chi connectivity index (χ2n) is 7.77. The van der Waals surface area contributed by atoms with E-state index in [2.05, 4.69) is 5.32 Å². The van der Waals surface area contributed by atoms with Gasteiger partial charge in [-0.3, -0.25) is 0 Å². The number of halogens is 1. The summed E-state index contributed by atoms with van der Waals surface area (Å²) in [5.74, 6) is -5.99. The van der Waals surface area contributed by atoms with Crippen LogP contribution in [-0.4, -0.2) is 45.6 Å². The third kappa shape index (κ3) is 6.07. The van der Waals surface area contributed by atoms with Gasteiger partial charge in [0, 0.05) is 17.6 Å². The van der Waals surface area contributed by atoms with E-state index < -0.39 is 23.8 Å². The van der Waals surface area contributed by atoms with Gasteiger partial charge in [0.15, 0.2) is 11.5 Å². The van der Waals surface area contributed by atoms with Gasteiger partial charge in [-0.1, -0.05) is 23.7 Å². The summed E-state index contributed by atoms with van der Waals surface area (Å²) >= 11 is 5.99. The molecule has 0 saturated heterocycles. The van der Waals surface area contributed by atoms with Gasteiger partial charge in [-0.05, 0) is 66.6 Å². The predicted octanol–water partition coefficient (Wildman–Crippen LogP) is -3.44. The van der Waals surface area contributed by atoms with Gasteiger partial charge in [0.1, 0.15) is 0 Å². The second kappa shape index (κ2) is 11.7. The van der Waals surface area contributed by atoms with Crippen molar-refractivity contribution in [2.75, 3.05) is 6.54 Å². The molecule has 1 aliphatic carbocycles. The van der Waals surface area contributed by atoms with E-state index in [1.807, 2.05) is 6.07 Å². The molecular weight excluding hydrogens is 472 g/mol. The van der Waals surface area contributed by atoms with Crippen LogP contribution in [0.2, 0.25) is 5.02 Å². The van der Waals surface area contributed by atoms with Crippen LogP contribution in [0.1, 0.15) is 35.6 Å². The number of carboxylic acid groups (broad SMARTS) is 2. The molecule has 1 aliphatic heterocycles. The van der Waals surface area contributed by atoms with Crippen LogP contribution in [-0.2, 0) is 22.4 Å².